The average Bonchev–Trinajstić information content (AvgIpc) is 3.28. The van der Waals surface area contributed by atoms with Crippen molar-refractivity contribution in [3.63, 3.8) is 0 Å². The number of carbonyl (C=O) groups is 3. The maximum atomic E-state index is 12.8. The minimum atomic E-state index is -0.822. The van der Waals surface area contributed by atoms with E-state index in [1.165, 1.54) is 57.8 Å². The Morgan fingerprint density at radius 3 is 1.21 bits per heavy atom. The molecule has 0 amide bonds. The molecule has 0 N–H and O–H groups in total. The molecular formula is C57H90O6. The number of ether oxygens (including phenoxy) is 3. The van der Waals surface area contributed by atoms with E-state index in [0.717, 1.165) is 96.3 Å². The Morgan fingerprint density at radius 2 is 0.714 bits per heavy atom. The van der Waals surface area contributed by atoms with Gasteiger partial charge < -0.3 is 14.2 Å². The lowest BCUT2D eigenvalue weighted by molar-refractivity contribution is -0.167. The lowest BCUT2D eigenvalue weighted by Crippen LogP contribution is -2.30. The third kappa shape index (κ3) is 48.7. The van der Waals surface area contributed by atoms with Crippen molar-refractivity contribution in [2.24, 2.45) is 0 Å². The molecule has 0 radical (unpaired) electrons. The van der Waals surface area contributed by atoms with E-state index < -0.39 is 6.10 Å². The molecule has 0 aliphatic heterocycles. The first-order chi connectivity index (χ1) is 31.0. The van der Waals surface area contributed by atoms with Crippen molar-refractivity contribution in [1.82, 2.24) is 0 Å². The van der Waals surface area contributed by atoms with Crippen LogP contribution in [0.2, 0.25) is 0 Å². The first-order valence-corrected chi connectivity index (χ1v) is 25.1. The van der Waals surface area contributed by atoms with Gasteiger partial charge in [-0.3, -0.25) is 14.4 Å². The van der Waals surface area contributed by atoms with Crippen LogP contribution in [0.1, 0.15) is 201 Å². The fourth-order valence-corrected chi connectivity index (χ4v) is 6.39. The van der Waals surface area contributed by atoms with E-state index >= 15 is 0 Å². The van der Waals surface area contributed by atoms with Crippen LogP contribution < -0.4 is 0 Å². The number of carbonyl (C=O) groups excluding carboxylic acids is 3. The third-order valence-corrected chi connectivity index (χ3v) is 10.1. The summed E-state index contributed by atoms with van der Waals surface area (Å²) in [6.45, 7) is 6.26. The summed E-state index contributed by atoms with van der Waals surface area (Å²) >= 11 is 0. The zero-order chi connectivity index (χ0) is 45.8. The van der Waals surface area contributed by atoms with Crippen LogP contribution in [0.5, 0.6) is 0 Å². The molecule has 0 spiro atoms. The Labute approximate surface area is 386 Å². The van der Waals surface area contributed by atoms with E-state index in [1.807, 2.05) is 54.7 Å². The zero-order valence-corrected chi connectivity index (χ0v) is 40.3. The molecular weight excluding hydrogens is 781 g/mol. The van der Waals surface area contributed by atoms with E-state index in [9.17, 15) is 14.4 Å². The number of esters is 3. The van der Waals surface area contributed by atoms with E-state index in [4.69, 9.17) is 14.2 Å². The lowest BCUT2D eigenvalue weighted by atomic mass is 10.1. The summed E-state index contributed by atoms with van der Waals surface area (Å²) in [6, 6.07) is 0. The summed E-state index contributed by atoms with van der Waals surface area (Å²) in [5, 5.41) is 0. The van der Waals surface area contributed by atoms with Gasteiger partial charge in [-0.1, -0.05) is 219 Å². The molecule has 1 unspecified atom stereocenters. The highest BCUT2D eigenvalue weighted by Crippen LogP contribution is 2.13. The van der Waals surface area contributed by atoms with Gasteiger partial charge in [0, 0.05) is 19.3 Å². The van der Waals surface area contributed by atoms with E-state index in [-0.39, 0.29) is 37.5 Å². The first-order valence-electron chi connectivity index (χ1n) is 25.1. The monoisotopic (exact) mass is 871 g/mol. The van der Waals surface area contributed by atoms with E-state index in [2.05, 4.69) is 87.6 Å². The normalized spacial score (nSPS) is 13.1. The maximum absolute atomic E-state index is 12.8. The standard InChI is InChI=1S/C57H90O6/c1-4-7-10-13-16-19-22-25-27-28-29-30-33-35-38-41-44-47-50-56(59)62-53-54(52-61-55(58)49-46-43-40-37-34-31-24-21-18-15-12-9-6-3)63-57(60)51-48-45-42-39-36-32-26-23-20-17-14-11-8-5-2/h8-9,11-12,15,17-18,20-22,24-25,27-31,34,37,40,54H,4-7,10,13-14,16,19,23,26,32-33,35-36,38-39,41-53H2,1-3H3/b11-8+,12-9+,18-15+,20-17+,24-21+,25-22+,28-27+,30-29+,34-31+,40-37+. The molecule has 0 rings (SSSR count). The summed E-state index contributed by atoms with van der Waals surface area (Å²) in [4.78, 5) is 37.9. The molecule has 0 heterocycles. The average molecular weight is 871 g/mol. The second kappa shape index (κ2) is 50.5. The second-order valence-electron chi connectivity index (χ2n) is 16.1. The Bertz CT molecular complexity index is 1370. The van der Waals surface area contributed by atoms with Crippen LogP contribution in [-0.4, -0.2) is 37.2 Å². The number of hydrogen-bond acceptors (Lipinski definition) is 6. The van der Waals surface area contributed by atoms with Gasteiger partial charge in [0.2, 0.25) is 0 Å². The molecule has 0 bridgehead atoms. The second-order valence-corrected chi connectivity index (χ2v) is 16.1. The quantitative estimate of drug-likeness (QED) is 0.0200. The molecule has 6 nitrogen and oxygen atoms in total. The van der Waals surface area contributed by atoms with Crippen molar-refractivity contribution in [2.45, 2.75) is 207 Å². The van der Waals surface area contributed by atoms with Crippen molar-refractivity contribution in [3.8, 4) is 0 Å². The summed E-state index contributed by atoms with van der Waals surface area (Å²) in [7, 11) is 0. The molecule has 354 valence electrons. The highest BCUT2D eigenvalue weighted by atomic mass is 16.6. The van der Waals surface area contributed by atoms with Gasteiger partial charge >= 0.3 is 17.9 Å². The number of rotatable bonds is 43. The van der Waals surface area contributed by atoms with Crippen LogP contribution >= 0.6 is 0 Å². The Balaban J connectivity index is 4.54. The highest BCUT2D eigenvalue weighted by Gasteiger charge is 2.19. The van der Waals surface area contributed by atoms with Crippen molar-refractivity contribution in [1.29, 1.82) is 0 Å². The van der Waals surface area contributed by atoms with Gasteiger partial charge in [-0.05, 0) is 83.5 Å². The van der Waals surface area contributed by atoms with Crippen LogP contribution in [0.25, 0.3) is 0 Å². The fourth-order valence-electron chi connectivity index (χ4n) is 6.39. The van der Waals surface area contributed by atoms with Gasteiger partial charge in [0.15, 0.2) is 6.10 Å². The predicted octanol–water partition coefficient (Wildman–Crippen LogP) is 16.5. The fraction of sp³-hybridized carbons (Fsp3) is 0.596. The molecule has 0 saturated heterocycles. The van der Waals surface area contributed by atoms with Crippen LogP contribution in [0.3, 0.4) is 0 Å². The topological polar surface area (TPSA) is 78.9 Å². The maximum Gasteiger partial charge on any atom is 0.306 e. The van der Waals surface area contributed by atoms with Crippen molar-refractivity contribution in [2.75, 3.05) is 13.2 Å². The van der Waals surface area contributed by atoms with Crippen LogP contribution in [0, 0.1) is 0 Å². The number of hydrogen-bond donors (Lipinski definition) is 0. The molecule has 0 saturated carbocycles. The molecule has 0 aromatic rings. The SMILES string of the molecule is CC/C=C/C=C/C=C/C=C/C=C/CCCC(=O)OCC(COC(=O)CCCCCCC/C=C/C=C/C=C/CCCCCCC)OC(=O)CCCCCCCCC/C=C/C/C=C/CC. The highest BCUT2D eigenvalue weighted by molar-refractivity contribution is 5.71. The smallest absolute Gasteiger partial charge is 0.306 e. The number of unbranched alkanes of at least 4 members (excludes halogenated alkanes) is 18. The van der Waals surface area contributed by atoms with Gasteiger partial charge in [0.1, 0.15) is 13.2 Å². The first kappa shape index (κ1) is 58.8. The molecule has 1 atom stereocenters. The largest absolute Gasteiger partial charge is 0.462 e. The summed E-state index contributed by atoms with van der Waals surface area (Å²) in [5.41, 5.74) is 0. The molecule has 6 heteroatoms. The molecule has 0 fully saturated rings. The zero-order valence-electron chi connectivity index (χ0n) is 40.3. The molecule has 0 aliphatic rings. The Kier molecular flexibility index (Phi) is 47.1. The van der Waals surface area contributed by atoms with Crippen LogP contribution in [0.4, 0.5) is 0 Å². The third-order valence-electron chi connectivity index (χ3n) is 10.1. The molecule has 63 heavy (non-hydrogen) atoms. The Morgan fingerprint density at radius 1 is 0.349 bits per heavy atom. The van der Waals surface area contributed by atoms with Gasteiger partial charge in [-0.2, -0.15) is 0 Å². The minimum Gasteiger partial charge on any atom is -0.462 e. The van der Waals surface area contributed by atoms with Gasteiger partial charge in [-0.15, -0.1) is 0 Å². The van der Waals surface area contributed by atoms with Crippen molar-refractivity contribution >= 4 is 17.9 Å². The summed E-state index contributed by atoms with van der Waals surface area (Å²) < 4.78 is 16.7. The van der Waals surface area contributed by atoms with Gasteiger partial charge in [-0.25, -0.2) is 0 Å². The van der Waals surface area contributed by atoms with E-state index in [0.29, 0.717) is 19.3 Å². The minimum absolute atomic E-state index is 0.118. The summed E-state index contributed by atoms with van der Waals surface area (Å²) in [6.07, 6.45) is 69.0. The predicted molar refractivity (Wildman–Crippen MR) is 269 cm³/mol. The van der Waals surface area contributed by atoms with E-state index in [1.54, 1.807) is 0 Å². The van der Waals surface area contributed by atoms with Gasteiger partial charge in [0.25, 0.3) is 0 Å². The van der Waals surface area contributed by atoms with Gasteiger partial charge in [0.05, 0.1) is 0 Å². The van der Waals surface area contributed by atoms with Crippen molar-refractivity contribution < 1.29 is 28.6 Å². The van der Waals surface area contributed by atoms with Crippen LogP contribution in [-0.2, 0) is 28.6 Å². The Hall–Kier alpha value is -4.19. The molecule has 0 aromatic heterocycles. The lowest BCUT2D eigenvalue weighted by Gasteiger charge is -2.18. The van der Waals surface area contributed by atoms with Crippen LogP contribution in [0.15, 0.2) is 122 Å². The number of allylic oxidation sites excluding steroid dienone is 20. The van der Waals surface area contributed by atoms with Crippen molar-refractivity contribution in [3.05, 3.63) is 122 Å². The molecule has 0 aromatic carbocycles. The molecule has 0 aliphatic carbocycles. The summed E-state index contributed by atoms with van der Waals surface area (Å²) in [5.74, 6) is -1.03.